The zero-order chi connectivity index (χ0) is 5.98. The summed E-state index contributed by atoms with van der Waals surface area (Å²) in [6.07, 6.45) is 2.38. The average Bonchev–Trinajstić information content (AvgIpc) is 2.14. The molecule has 0 aliphatic carbocycles. The predicted octanol–water partition coefficient (Wildman–Crippen LogP) is 1.26. The highest BCUT2D eigenvalue weighted by atomic mass is 32.2. The first-order valence-corrected chi connectivity index (χ1v) is 3.43. The molecule has 8 heavy (non-hydrogen) atoms. The molecule has 46 valence electrons. The first-order chi connectivity index (χ1) is 3.83. The zero-order valence-electron chi connectivity index (χ0n) is 4.43. The highest BCUT2D eigenvalue weighted by Crippen LogP contribution is 2.31. The minimum Gasteiger partial charge on any atom is -0.329 e. The van der Waals surface area contributed by atoms with Gasteiger partial charge in [0.25, 0.3) is 0 Å². The second-order valence-corrected chi connectivity index (χ2v) is 3.01. The molecule has 0 bridgehead atoms. The first-order valence-electron chi connectivity index (χ1n) is 2.55. The van der Waals surface area contributed by atoms with Crippen LogP contribution >= 0.6 is 11.8 Å². The van der Waals surface area contributed by atoms with Crippen LogP contribution in [0.3, 0.4) is 0 Å². The standard InChI is InChI=1S/C5H8FNS/c6-5-2-1-4(3-7)8-5/h2,4H,1,3,7H2. The maximum Gasteiger partial charge on any atom is 0.152 e. The molecule has 2 N–H and O–H groups in total. The molecular formula is C5H8FNS. The lowest BCUT2D eigenvalue weighted by molar-refractivity contribution is 0.699. The molecular weight excluding hydrogens is 125 g/mol. The van der Waals surface area contributed by atoms with E-state index in [4.69, 9.17) is 5.73 Å². The molecule has 0 radical (unpaired) electrons. The molecule has 0 aromatic rings. The molecule has 0 fully saturated rings. The minimum atomic E-state index is -0.0690. The average molecular weight is 133 g/mol. The molecule has 1 heterocycles. The summed E-state index contributed by atoms with van der Waals surface area (Å²) in [6, 6.07) is 0. The van der Waals surface area contributed by atoms with Gasteiger partial charge in [-0.2, -0.15) is 4.39 Å². The topological polar surface area (TPSA) is 26.0 Å². The largest absolute Gasteiger partial charge is 0.329 e. The third-order valence-electron chi connectivity index (χ3n) is 1.08. The van der Waals surface area contributed by atoms with E-state index in [0.717, 1.165) is 6.42 Å². The first kappa shape index (κ1) is 6.11. The van der Waals surface area contributed by atoms with Gasteiger partial charge in [0.15, 0.2) is 5.16 Å². The summed E-state index contributed by atoms with van der Waals surface area (Å²) >= 11 is 1.23. The van der Waals surface area contributed by atoms with Gasteiger partial charge >= 0.3 is 0 Å². The van der Waals surface area contributed by atoms with E-state index < -0.39 is 0 Å². The number of thioether (sulfide) groups is 1. The Balaban J connectivity index is 2.32. The smallest absolute Gasteiger partial charge is 0.152 e. The Labute approximate surface area is 52.1 Å². The Kier molecular flexibility index (Phi) is 1.91. The molecule has 0 saturated heterocycles. The number of hydrogen-bond acceptors (Lipinski definition) is 2. The van der Waals surface area contributed by atoms with Crippen LogP contribution < -0.4 is 5.73 Å². The second kappa shape index (κ2) is 2.51. The van der Waals surface area contributed by atoms with Crippen molar-refractivity contribution in [3.63, 3.8) is 0 Å². The van der Waals surface area contributed by atoms with Crippen LogP contribution in [-0.4, -0.2) is 11.8 Å². The van der Waals surface area contributed by atoms with Crippen molar-refractivity contribution in [3.05, 3.63) is 11.2 Å². The van der Waals surface area contributed by atoms with Crippen molar-refractivity contribution in [2.45, 2.75) is 11.7 Å². The Hall–Kier alpha value is -0.0200. The SMILES string of the molecule is NCC1CC=C(F)S1. The molecule has 0 saturated carbocycles. The maximum atomic E-state index is 12.1. The van der Waals surface area contributed by atoms with Crippen molar-refractivity contribution in [3.8, 4) is 0 Å². The van der Waals surface area contributed by atoms with E-state index in [9.17, 15) is 4.39 Å². The summed E-state index contributed by atoms with van der Waals surface area (Å²) in [4.78, 5) is 0. The zero-order valence-corrected chi connectivity index (χ0v) is 5.25. The van der Waals surface area contributed by atoms with Crippen LogP contribution in [0.15, 0.2) is 11.2 Å². The molecule has 1 aliphatic rings. The molecule has 1 aliphatic heterocycles. The van der Waals surface area contributed by atoms with Crippen molar-refractivity contribution >= 4 is 11.8 Å². The van der Waals surface area contributed by atoms with Gasteiger partial charge in [-0.25, -0.2) is 0 Å². The summed E-state index contributed by atoms with van der Waals surface area (Å²) in [7, 11) is 0. The summed E-state index contributed by atoms with van der Waals surface area (Å²) in [6.45, 7) is 0.578. The normalized spacial score (nSPS) is 28.2. The van der Waals surface area contributed by atoms with E-state index in [-0.39, 0.29) is 5.16 Å². The second-order valence-electron chi connectivity index (χ2n) is 1.72. The van der Waals surface area contributed by atoms with Crippen LogP contribution in [-0.2, 0) is 0 Å². The fourth-order valence-electron chi connectivity index (χ4n) is 0.624. The van der Waals surface area contributed by atoms with Crippen LogP contribution in [0.4, 0.5) is 4.39 Å². The molecule has 0 aromatic carbocycles. The van der Waals surface area contributed by atoms with Crippen molar-refractivity contribution in [1.82, 2.24) is 0 Å². The van der Waals surface area contributed by atoms with Crippen molar-refractivity contribution in [2.24, 2.45) is 5.73 Å². The Morgan fingerprint density at radius 3 is 3.00 bits per heavy atom. The molecule has 0 aromatic heterocycles. The van der Waals surface area contributed by atoms with Gasteiger partial charge in [-0.05, 0) is 12.5 Å². The van der Waals surface area contributed by atoms with Crippen LogP contribution in [0.5, 0.6) is 0 Å². The molecule has 1 atom stereocenters. The summed E-state index contributed by atoms with van der Waals surface area (Å²) in [5.41, 5.74) is 5.28. The van der Waals surface area contributed by atoms with E-state index in [0.29, 0.717) is 11.8 Å². The molecule has 3 heteroatoms. The van der Waals surface area contributed by atoms with E-state index in [1.165, 1.54) is 11.8 Å². The number of rotatable bonds is 1. The van der Waals surface area contributed by atoms with Gasteiger partial charge in [-0.1, -0.05) is 11.8 Å². The summed E-state index contributed by atoms with van der Waals surface area (Å²) in [5, 5.41) is 0.232. The number of hydrogen-bond donors (Lipinski definition) is 1. The van der Waals surface area contributed by atoms with E-state index in [1.54, 1.807) is 6.08 Å². The molecule has 0 spiro atoms. The van der Waals surface area contributed by atoms with Gasteiger partial charge in [0, 0.05) is 11.8 Å². The Morgan fingerprint density at radius 1 is 2.00 bits per heavy atom. The minimum absolute atomic E-state index is 0.0690. The number of halogens is 1. The molecule has 1 rings (SSSR count). The van der Waals surface area contributed by atoms with Gasteiger partial charge in [-0.15, -0.1) is 0 Å². The maximum absolute atomic E-state index is 12.1. The highest BCUT2D eigenvalue weighted by molar-refractivity contribution is 8.03. The van der Waals surface area contributed by atoms with Gasteiger partial charge in [-0.3, -0.25) is 0 Å². The lowest BCUT2D eigenvalue weighted by atomic mass is 10.3. The van der Waals surface area contributed by atoms with Crippen molar-refractivity contribution < 1.29 is 4.39 Å². The Morgan fingerprint density at radius 2 is 2.75 bits per heavy atom. The Bertz CT molecular complexity index is 113. The molecule has 0 amide bonds. The van der Waals surface area contributed by atoms with E-state index >= 15 is 0 Å². The van der Waals surface area contributed by atoms with E-state index in [2.05, 4.69) is 0 Å². The highest BCUT2D eigenvalue weighted by Gasteiger charge is 2.14. The van der Waals surface area contributed by atoms with Crippen molar-refractivity contribution in [1.29, 1.82) is 0 Å². The quantitative estimate of drug-likeness (QED) is 0.582. The van der Waals surface area contributed by atoms with E-state index in [1.807, 2.05) is 0 Å². The lowest BCUT2D eigenvalue weighted by Gasteiger charge is -2.00. The van der Waals surface area contributed by atoms with Crippen LogP contribution in [0.2, 0.25) is 0 Å². The summed E-state index contributed by atoms with van der Waals surface area (Å²) < 4.78 is 12.1. The van der Waals surface area contributed by atoms with Crippen LogP contribution in [0.1, 0.15) is 6.42 Å². The van der Waals surface area contributed by atoms with Gasteiger partial charge in [0.1, 0.15) is 0 Å². The third-order valence-corrected chi connectivity index (χ3v) is 2.19. The molecule has 1 nitrogen and oxygen atoms in total. The van der Waals surface area contributed by atoms with Crippen molar-refractivity contribution in [2.75, 3.05) is 6.54 Å². The van der Waals surface area contributed by atoms with Crippen LogP contribution in [0.25, 0.3) is 0 Å². The van der Waals surface area contributed by atoms with Gasteiger partial charge in [0.05, 0.1) is 0 Å². The monoisotopic (exact) mass is 133 g/mol. The molecule has 1 unspecified atom stereocenters. The predicted molar refractivity (Wildman–Crippen MR) is 34.2 cm³/mol. The lowest BCUT2D eigenvalue weighted by Crippen LogP contribution is -2.12. The van der Waals surface area contributed by atoms with Gasteiger partial charge in [0.2, 0.25) is 0 Å². The fraction of sp³-hybridized carbons (Fsp3) is 0.600. The van der Waals surface area contributed by atoms with Gasteiger partial charge < -0.3 is 5.73 Å². The van der Waals surface area contributed by atoms with Crippen LogP contribution in [0, 0.1) is 0 Å². The summed E-state index contributed by atoms with van der Waals surface area (Å²) in [5.74, 6) is 0. The third kappa shape index (κ3) is 1.23. The fourth-order valence-corrected chi connectivity index (χ4v) is 1.42. The number of allylic oxidation sites excluding steroid dienone is 1. The number of nitrogens with two attached hydrogens (primary N) is 1.